The number of aromatic nitrogens is 3. The minimum atomic E-state index is -0.551. The molecule has 0 saturated carbocycles. The number of carbonyl (C=O) groups is 2. The maximum absolute atomic E-state index is 13.4. The number of rotatable bonds is 7. The first-order chi connectivity index (χ1) is 16.0. The number of hydrogen-bond donors (Lipinski definition) is 1. The smallest absolute Gasteiger partial charge is 0.275 e. The van der Waals surface area contributed by atoms with E-state index < -0.39 is 6.04 Å². The fraction of sp³-hybridized carbons (Fsp3) is 0.385. The fourth-order valence-corrected chi connectivity index (χ4v) is 4.31. The van der Waals surface area contributed by atoms with Crippen molar-refractivity contribution in [2.75, 3.05) is 19.6 Å². The van der Waals surface area contributed by atoms with Crippen LogP contribution in [-0.2, 0) is 11.2 Å². The molecule has 33 heavy (non-hydrogen) atoms. The topological polar surface area (TPSA) is 82.2 Å². The second-order valence-corrected chi connectivity index (χ2v) is 8.84. The van der Waals surface area contributed by atoms with Gasteiger partial charge in [-0.05, 0) is 47.2 Å². The zero-order valence-electron chi connectivity index (χ0n) is 19.5. The van der Waals surface area contributed by atoms with Crippen molar-refractivity contribution in [2.45, 2.75) is 45.6 Å². The number of piperazine rings is 1. The number of benzene rings is 1. The van der Waals surface area contributed by atoms with E-state index in [9.17, 15) is 9.59 Å². The van der Waals surface area contributed by atoms with Crippen molar-refractivity contribution in [3.8, 4) is 11.1 Å². The van der Waals surface area contributed by atoms with E-state index in [2.05, 4.69) is 28.2 Å². The molecule has 3 aromatic rings. The normalized spacial score (nSPS) is 16.5. The van der Waals surface area contributed by atoms with Crippen LogP contribution in [0.5, 0.6) is 0 Å². The number of H-pyrrole nitrogens is 1. The highest BCUT2D eigenvalue weighted by Crippen LogP contribution is 2.24. The van der Waals surface area contributed by atoms with E-state index in [0.717, 1.165) is 28.8 Å². The third kappa shape index (κ3) is 4.97. The van der Waals surface area contributed by atoms with Gasteiger partial charge in [0.15, 0.2) is 0 Å². The average Bonchev–Trinajstić information content (AvgIpc) is 3.33. The number of amides is 2. The molecule has 1 fully saturated rings. The largest absolute Gasteiger partial charge is 0.339 e. The molecular weight excluding hydrogens is 414 g/mol. The predicted molar refractivity (Wildman–Crippen MR) is 128 cm³/mol. The van der Waals surface area contributed by atoms with Crippen molar-refractivity contribution in [2.24, 2.45) is 0 Å². The third-order valence-electron chi connectivity index (χ3n) is 6.15. The number of nitrogens with one attached hydrogen (secondary N) is 1. The van der Waals surface area contributed by atoms with E-state index in [1.54, 1.807) is 23.4 Å². The summed E-state index contributed by atoms with van der Waals surface area (Å²) < 4.78 is 0. The van der Waals surface area contributed by atoms with Crippen LogP contribution < -0.4 is 0 Å². The Hall–Kier alpha value is -3.48. The summed E-state index contributed by atoms with van der Waals surface area (Å²) in [5, 5.41) is 7.20. The lowest BCUT2D eigenvalue weighted by atomic mass is 9.97. The van der Waals surface area contributed by atoms with Gasteiger partial charge in [-0.1, -0.05) is 45.0 Å². The molecule has 1 saturated heterocycles. The Bertz CT molecular complexity index is 1110. The van der Waals surface area contributed by atoms with Crippen LogP contribution in [-0.4, -0.2) is 62.5 Å². The van der Waals surface area contributed by atoms with Gasteiger partial charge in [-0.25, -0.2) is 0 Å². The molecule has 1 aliphatic rings. The number of pyridine rings is 1. The van der Waals surface area contributed by atoms with Gasteiger partial charge in [0.1, 0.15) is 11.7 Å². The Morgan fingerprint density at radius 2 is 1.91 bits per heavy atom. The Morgan fingerprint density at radius 1 is 1.12 bits per heavy atom. The first-order valence-corrected chi connectivity index (χ1v) is 11.6. The molecule has 7 heteroatoms. The zero-order valence-corrected chi connectivity index (χ0v) is 19.5. The molecule has 1 unspecified atom stereocenters. The van der Waals surface area contributed by atoms with E-state index in [0.29, 0.717) is 31.7 Å². The maximum atomic E-state index is 13.4. The fourth-order valence-electron chi connectivity index (χ4n) is 4.31. The van der Waals surface area contributed by atoms with Gasteiger partial charge in [0.05, 0.1) is 0 Å². The van der Waals surface area contributed by atoms with Crippen LogP contribution in [0.1, 0.15) is 54.9 Å². The molecule has 0 bridgehead atoms. The zero-order chi connectivity index (χ0) is 23.4. The number of nitrogens with zero attached hydrogens (tertiary/aromatic N) is 4. The maximum Gasteiger partial charge on any atom is 0.275 e. The van der Waals surface area contributed by atoms with E-state index in [4.69, 9.17) is 0 Å². The summed E-state index contributed by atoms with van der Waals surface area (Å²) in [7, 11) is 0. The van der Waals surface area contributed by atoms with Crippen LogP contribution in [0.25, 0.3) is 11.1 Å². The van der Waals surface area contributed by atoms with Crippen LogP contribution in [0.2, 0.25) is 0 Å². The van der Waals surface area contributed by atoms with E-state index in [-0.39, 0.29) is 17.7 Å². The Balaban J connectivity index is 1.62. The molecule has 1 N–H and O–H groups in total. The highest BCUT2D eigenvalue weighted by molar-refractivity contribution is 5.97. The average molecular weight is 446 g/mol. The van der Waals surface area contributed by atoms with Crippen LogP contribution in [0.3, 0.4) is 0 Å². The highest BCUT2D eigenvalue weighted by atomic mass is 16.2. The molecule has 2 amide bonds. The lowest BCUT2D eigenvalue weighted by Gasteiger charge is -2.40. The number of carbonyl (C=O) groups excluding carboxylic acids is 2. The molecule has 3 heterocycles. The minimum absolute atomic E-state index is 0.00498. The summed E-state index contributed by atoms with van der Waals surface area (Å²) >= 11 is 0. The Kier molecular flexibility index (Phi) is 6.87. The minimum Gasteiger partial charge on any atom is -0.339 e. The second-order valence-electron chi connectivity index (χ2n) is 8.84. The first-order valence-electron chi connectivity index (χ1n) is 11.6. The molecule has 2 aromatic heterocycles. The van der Waals surface area contributed by atoms with Crippen molar-refractivity contribution in [1.29, 1.82) is 0 Å². The van der Waals surface area contributed by atoms with E-state index >= 15 is 0 Å². The summed E-state index contributed by atoms with van der Waals surface area (Å²) in [6, 6.07) is 13.3. The van der Waals surface area contributed by atoms with Gasteiger partial charge in [0.2, 0.25) is 5.91 Å². The molecule has 0 spiro atoms. The van der Waals surface area contributed by atoms with Crippen molar-refractivity contribution < 1.29 is 9.59 Å². The van der Waals surface area contributed by atoms with E-state index in [1.807, 2.05) is 49.1 Å². The Labute approximate surface area is 194 Å². The van der Waals surface area contributed by atoms with Gasteiger partial charge in [0.25, 0.3) is 5.91 Å². The lowest BCUT2D eigenvalue weighted by molar-refractivity contribution is -0.140. The summed E-state index contributed by atoms with van der Waals surface area (Å²) in [6.45, 7) is 7.92. The van der Waals surface area contributed by atoms with Crippen molar-refractivity contribution in [1.82, 2.24) is 25.0 Å². The summed E-state index contributed by atoms with van der Waals surface area (Å²) in [4.78, 5) is 34.5. The number of aromatic amines is 1. The first kappa shape index (κ1) is 22.7. The van der Waals surface area contributed by atoms with Crippen LogP contribution in [0, 0.1) is 0 Å². The van der Waals surface area contributed by atoms with Crippen molar-refractivity contribution in [3.05, 3.63) is 71.8 Å². The lowest BCUT2D eigenvalue weighted by Crippen LogP contribution is -2.59. The van der Waals surface area contributed by atoms with Gasteiger partial charge in [0, 0.05) is 44.1 Å². The third-order valence-corrected chi connectivity index (χ3v) is 6.15. The van der Waals surface area contributed by atoms with Gasteiger partial charge >= 0.3 is 0 Å². The molecule has 0 aliphatic carbocycles. The standard InChI is InChI=1S/C26H31N5O2/c1-4-12-30-13-14-31(25(32)23-17-22(18(2)3)28-29-23)24(26(30)33)16-19-6-5-7-21(15-19)20-8-10-27-11-9-20/h5-11,15,17-18,24H,4,12-14,16H2,1-3H3,(H,28,29). The van der Waals surface area contributed by atoms with Gasteiger partial charge in [-0.2, -0.15) is 5.10 Å². The predicted octanol–water partition coefficient (Wildman–Crippen LogP) is 3.90. The SMILES string of the molecule is CCCN1CCN(C(=O)c2cc(C(C)C)[nH]n2)C(Cc2cccc(-c3ccncc3)c2)C1=O. The van der Waals surface area contributed by atoms with Gasteiger partial charge in [-0.15, -0.1) is 0 Å². The summed E-state index contributed by atoms with van der Waals surface area (Å²) in [5.41, 5.74) is 4.43. The monoisotopic (exact) mass is 445 g/mol. The van der Waals surface area contributed by atoms with Crippen molar-refractivity contribution in [3.63, 3.8) is 0 Å². The molecule has 0 radical (unpaired) electrons. The summed E-state index contributed by atoms with van der Waals surface area (Å²) in [5.74, 6) is 0.0529. The molecular formula is C26H31N5O2. The highest BCUT2D eigenvalue weighted by Gasteiger charge is 2.38. The molecule has 1 aromatic carbocycles. The molecule has 7 nitrogen and oxygen atoms in total. The van der Waals surface area contributed by atoms with Crippen molar-refractivity contribution >= 4 is 11.8 Å². The van der Waals surface area contributed by atoms with Gasteiger partial charge in [-0.3, -0.25) is 19.7 Å². The van der Waals surface area contributed by atoms with Crippen LogP contribution in [0.4, 0.5) is 0 Å². The second kappa shape index (κ2) is 9.98. The van der Waals surface area contributed by atoms with Crippen LogP contribution >= 0.6 is 0 Å². The molecule has 172 valence electrons. The quantitative estimate of drug-likeness (QED) is 0.598. The van der Waals surface area contributed by atoms with E-state index in [1.165, 1.54) is 0 Å². The Morgan fingerprint density at radius 3 is 2.61 bits per heavy atom. The van der Waals surface area contributed by atoms with Crippen LogP contribution in [0.15, 0.2) is 54.9 Å². The molecule has 4 rings (SSSR count). The molecule has 1 atom stereocenters. The van der Waals surface area contributed by atoms with Gasteiger partial charge < -0.3 is 9.80 Å². The summed E-state index contributed by atoms with van der Waals surface area (Å²) in [6.07, 6.45) is 4.89. The number of hydrogen-bond acceptors (Lipinski definition) is 4. The molecule has 1 aliphatic heterocycles.